The van der Waals surface area contributed by atoms with Crippen LogP contribution in [0.1, 0.15) is 18.1 Å². The van der Waals surface area contributed by atoms with Gasteiger partial charge in [-0.25, -0.2) is 12.6 Å². The molecule has 0 aliphatic heterocycles. The highest BCUT2D eigenvalue weighted by Gasteiger charge is 2.20. The topological polar surface area (TPSA) is 332 Å². The first-order chi connectivity index (χ1) is 23.7. The number of rotatable bonds is 14. The molecule has 0 saturated heterocycles. The van der Waals surface area contributed by atoms with Gasteiger partial charge in [-0.15, -0.1) is 10.2 Å². The van der Waals surface area contributed by atoms with Crippen molar-refractivity contribution in [1.82, 2.24) is 19.5 Å². The molecule has 0 bridgehead atoms. The van der Waals surface area contributed by atoms with Gasteiger partial charge in [0.2, 0.25) is 17.2 Å². The molecule has 0 aliphatic rings. The van der Waals surface area contributed by atoms with Gasteiger partial charge in [0.15, 0.2) is 15.5 Å². The van der Waals surface area contributed by atoms with Crippen LogP contribution in [0, 0.1) is 12.3 Å². The predicted octanol–water partition coefficient (Wildman–Crippen LogP) is 1.52. The predicted molar refractivity (Wildman–Crippen MR) is 175 cm³/mol. The minimum Gasteiger partial charge on any atom is -0.860 e. The van der Waals surface area contributed by atoms with E-state index in [1.807, 2.05) is 0 Å². The molecular formula is C26H24ClN9O12S3-2. The first-order valence-corrected chi connectivity index (χ1v) is 18.7. The molecule has 0 atom stereocenters. The maximum absolute atomic E-state index is 12.9. The van der Waals surface area contributed by atoms with Crippen LogP contribution in [0.4, 0.5) is 34.6 Å². The van der Waals surface area contributed by atoms with Gasteiger partial charge in [-0.3, -0.25) is 13.9 Å². The van der Waals surface area contributed by atoms with E-state index in [2.05, 4.69) is 40.0 Å². The van der Waals surface area contributed by atoms with Gasteiger partial charge >= 0.3 is 10.4 Å². The van der Waals surface area contributed by atoms with E-state index in [0.717, 1.165) is 12.1 Å². The number of benzene rings is 2. The summed E-state index contributed by atoms with van der Waals surface area (Å²) in [7, 11) is -13.8. The van der Waals surface area contributed by atoms with Crippen molar-refractivity contribution in [2.45, 2.75) is 30.2 Å². The molecule has 5 N–H and O–H groups in total. The molecule has 272 valence electrons. The Labute approximate surface area is 293 Å². The normalized spacial score (nSPS) is 12.3. The number of anilines is 4. The van der Waals surface area contributed by atoms with Crippen molar-refractivity contribution < 1.29 is 48.8 Å². The first-order valence-electron chi connectivity index (χ1n) is 13.8. The molecule has 0 radical (unpaired) electrons. The Hall–Kier alpha value is -5.11. The van der Waals surface area contributed by atoms with Crippen molar-refractivity contribution in [2.24, 2.45) is 10.2 Å². The van der Waals surface area contributed by atoms with E-state index in [1.54, 1.807) is 0 Å². The molecule has 0 saturated carbocycles. The minimum atomic E-state index is -4.92. The summed E-state index contributed by atoms with van der Waals surface area (Å²) in [5.74, 6) is -3.62. The second-order valence-electron chi connectivity index (χ2n) is 9.99. The Bertz CT molecular complexity index is 2460. The van der Waals surface area contributed by atoms with Crippen molar-refractivity contribution in [1.29, 1.82) is 5.41 Å². The number of hydrogen-bond acceptors (Lipinski definition) is 18. The van der Waals surface area contributed by atoms with Crippen molar-refractivity contribution in [3.8, 4) is 5.88 Å². The molecule has 21 nitrogen and oxygen atoms in total. The Balaban J connectivity index is 1.66. The first kappa shape index (κ1) is 38.7. The van der Waals surface area contributed by atoms with E-state index >= 15 is 0 Å². The van der Waals surface area contributed by atoms with Gasteiger partial charge in [0.1, 0.15) is 10.6 Å². The van der Waals surface area contributed by atoms with Crippen molar-refractivity contribution in [2.75, 3.05) is 23.0 Å². The van der Waals surface area contributed by atoms with Gasteiger partial charge in [0.25, 0.3) is 15.7 Å². The van der Waals surface area contributed by atoms with Crippen LogP contribution in [0.25, 0.3) is 0 Å². The standard InChI is InChI=1S/C26H26ClN9O12S3/c1-3-36-22(38)19(21(28)37)13(2)20(23(36)39)35-34-17-12-15(7-8-18(17)50(42,43)44)30-26-32-24(27)31-25(33-26)29-14-5-4-6-16(11-14)49(40,41)10-9-48-51(45,46)47/h4-8,11-12,38H,3,9-10H2,1-2H3,(H2,28,37)(H,42,43,44)(H,45,46,47)(H2,29,30,31,32,33)/p-2. The summed E-state index contributed by atoms with van der Waals surface area (Å²) in [6.07, 6.45) is 0. The third-order valence-electron chi connectivity index (χ3n) is 6.57. The SMILES string of the molecule is CCn1c([O-])c(C(=N)[O-])c(C)c(N=Nc2cc(Nc3nc(Cl)nc(Nc4cccc(S(=O)(=O)CCOS(=O)(=O)O)c4)n3)ccc2S(=O)(=O)O)c1=O. The van der Waals surface area contributed by atoms with Gasteiger partial charge in [-0.2, -0.15) is 31.8 Å². The van der Waals surface area contributed by atoms with E-state index in [1.165, 1.54) is 44.2 Å². The molecule has 0 spiro atoms. The molecule has 4 rings (SSSR count). The van der Waals surface area contributed by atoms with Gasteiger partial charge < -0.3 is 30.8 Å². The summed E-state index contributed by atoms with van der Waals surface area (Å²) in [4.78, 5) is 23.9. The number of hydrogen-bond donors (Lipinski definition) is 5. The summed E-state index contributed by atoms with van der Waals surface area (Å²) in [6.45, 7) is 1.61. The summed E-state index contributed by atoms with van der Waals surface area (Å²) < 4.78 is 94.1. The second-order valence-corrected chi connectivity index (χ2v) is 14.9. The van der Waals surface area contributed by atoms with Crippen LogP contribution in [0.5, 0.6) is 5.88 Å². The maximum atomic E-state index is 12.9. The molecule has 0 unspecified atom stereocenters. The van der Waals surface area contributed by atoms with E-state index < -0.39 is 81.9 Å². The number of sulfone groups is 1. The van der Waals surface area contributed by atoms with Gasteiger partial charge in [0, 0.05) is 17.9 Å². The zero-order valence-corrected chi connectivity index (χ0v) is 29.1. The smallest absolute Gasteiger partial charge is 0.397 e. The molecular weight excluding hydrogens is 762 g/mol. The molecule has 2 aromatic heterocycles. The Morgan fingerprint density at radius 1 is 1.00 bits per heavy atom. The molecule has 2 aromatic carbocycles. The third-order valence-corrected chi connectivity index (χ3v) is 9.78. The van der Waals surface area contributed by atoms with Crippen molar-refractivity contribution in [3.05, 3.63) is 69.2 Å². The lowest BCUT2D eigenvalue weighted by atomic mass is 10.1. The highest BCUT2D eigenvalue weighted by molar-refractivity contribution is 7.91. The van der Waals surface area contributed by atoms with Crippen LogP contribution >= 0.6 is 11.6 Å². The summed E-state index contributed by atoms with van der Waals surface area (Å²) >= 11 is 6.06. The minimum absolute atomic E-state index is 0.0318. The number of halogens is 1. The fourth-order valence-electron chi connectivity index (χ4n) is 4.32. The van der Waals surface area contributed by atoms with Gasteiger partial charge in [-0.05, 0) is 84.8 Å². The molecule has 0 fully saturated rings. The van der Waals surface area contributed by atoms with Crippen LogP contribution in [-0.4, -0.2) is 72.1 Å². The Morgan fingerprint density at radius 2 is 1.63 bits per heavy atom. The van der Waals surface area contributed by atoms with Crippen LogP contribution in [-0.2, 0) is 41.1 Å². The fourth-order valence-corrected chi connectivity index (χ4v) is 6.61. The Morgan fingerprint density at radius 3 is 2.20 bits per heavy atom. The number of aromatic nitrogens is 4. The summed E-state index contributed by atoms with van der Waals surface area (Å²) in [5.41, 5.74) is -2.75. The average molecular weight is 786 g/mol. The molecule has 4 aromatic rings. The van der Waals surface area contributed by atoms with Crippen LogP contribution in [0.2, 0.25) is 5.28 Å². The van der Waals surface area contributed by atoms with Gasteiger partial charge in [-0.1, -0.05) is 6.07 Å². The molecule has 0 aliphatic carbocycles. The van der Waals surface area contributed by atoms with Crippen LogP contribution < -0.4 is 26.4 Å². The van der Waals surface area contributed by atoms with E-state index in [0.29, 0.717) is 4.57 Å². The summed E-state index contributed by atoms with van der Waals surface area (Å²) in [6, 6.07) is 8.35. The number of pyridine rings is 1. The Kier molecular flexibility index (Phi) is 11.4. The third kappa shape index (κ3) is 9.57. The lowest BCUT2D eigenvalue weighted by Crippen LogP contribution is -2.29. The number of nitrogens with one attached hydrogen (secondary N) is 3. The molecule has 0 amide bonds. The second kappa shape index (κ2) is 15.0. The molecule has 25 heteroatoms. The quantitative estimate of drug-likeness (QED) is 0.0523. The van der Waals surface area contributed by atoms with Gasteiger partial charge in [0.05, 0.1) is 17.3 Å². The lowest BCUT2D eigenvalue weighted by molar-refractivity contribution is -0.282. The van der Waals surface area contributed by atoms with E-state index in [-0.39, 0.29) is 45.6 Å². The largest absolute Gasteiger partial charge is 0.860 e. The van der Waals surface area contributed by atoms with Crippen LogP contribution in [0.3, 0.4) is 0 Å². The number of nitrogens with zero attached hydrogens (tertiary/aromatic N) is 6. The maximum Gasteiger partial charge on any atom is 0.397 e. The van der Waals surface area contributed by atoms with Crippen molar-refractivity contribution >= 4 is 82.5 Å². The number of azo groups is 1. The average Bonchev–Trinajstić information content (AvgIpc) is 2.99. The summed E-state index contributed by atoms with van der Waals surface area (Å²) in [5, 5.41) is 44.4. The lowest BCUT2D eigenvalue weighted by Gasteiger charge is -2.25. The zero-order chi connectivity index (χ0) is 37.9. The van der Waals surface area contributed by atoms with E-state index in [4.69, 9.17) is 21.6 Å². The zero-order valence-electron chi connectivity index (χ0n) is 25.9. The fraction of sp³-hybridized carbons (Fsp3) is 0.192. The highest BCUT2D eigenvalue weighted by Crippen LogP contribution is 2.32. The van der Waals surface area contributed by atoms with Crippen LogP contribution in [0.15, 0.2) is 67.3 Å². The molecule has 51 heavy (non-hydrogen) atoms. The monoisotopic (exact) mass is 785 g/mol. The highest BCUT2D eigenvalue weighted by atomic mass is 35.5. The molecule has 2 heterocycles. The van der Waals surface area contributed by atoms with Crippen molar-refractivity contribution in [3.63, 3.8) is 0 Å². The van der Waals surface area contributed by atoms with E-state index in [9.17, 15) is 44.8 Å².